The van der Waals surface area contributed by atoms with Crippen LogP contribution >= 0.6 is 0 Å². The predicted molar refractivity (Wildman–Crippen MR) is 80.4 cm³/mol. The molecule has 106 valence electrons. The van der Waals surface area contributed by atoms with Gasteiger partial charge in [0.05, 0.1) is 6.10 Å². The normalized spacial score (nSPS) is 29.0. The van der Waals surface area contributed by atoms with Crippen molar-refractivity contribution < 1.29 is 4.74 Å². The fraction of sp³-hybridized carbons (Fsp3) is 0.647. The molecule has 1 aromatic rings. The van der Waals surface area contributed by atoms with Crippen molar-refractivity contribution in [2.75, 3.05) is 0 Å². The Morgan fingerprint density at radius 3 is 2.58 bits per heavy atom. The average Bonchev–Trinajstić information content (AvgIpc) is 2.33. The quantitative estimate of drug-likeness (QED) is 0.884. The Kier molecular flexibility index (Phi) is 4.51. The molecule has 2 rings (SSSR count). The zero-order valence-corrected chi connectivity index (χ0v) is 12.6. The summed E-state index contributed by atoms with van der Waals surface area (Å²) in [6.45, 7) is 8.80. The maximum absolute atomic E-state index is 6.27. The highest BCUT2D eigenvalue weighted by atomic mass is 16.5. The third-order valence-corrected chi connectivity index (χ3v) is 4.50. The summed E-state index contributed by atoms with van der Waals surface area (Å²) in [4.78, 5) is 0. The lowest BCUT2D eigenvalue weighted by molar-refractivity contribution is 0.0994. The molecular formula is C17H27NO. The fourth-order valence-corrected chi connectivity index (χ4v) is 2.90. The molecule has 0 saturated heterocycles. The number of rotatable bonds is 3. The van der Waals surface area contributed by atoms with Crippen LogP contribution in [0.1, 0.15) is 57.2 Å². The molecule has 1 saturated carbocycles. The first-order chi connectivity index (χ1) is 8.97. The second-order valence-electron chi connectivity index (χ2n) is 6.34. The van der Waals surface area contributed by atoms with Crippen molar-refractivity contribution in [1.82, 2.24) is 0 Å². The van der Waals surface area contributed by atoms with E-state index in [4.69, 9.17) is 10.5 Å². The van der Waals surface area contributed by atoms with Crippen LogP contribution in [-0.4, -0.2) is 6.10 Å². The molecule has 2 nitrogen and oxygen atoms in total. The van der Waals surface area contributed by atoms with Gasteiger partial charge in [0.25, 0.3) is 0 Å². The maximum Gasteiger partial charge on any atom is 0.124 e. The number of ether oxygens (including phenoxy) is 1. The largest absolute Gasteiger partial charge is 0.490 e. The van der Waals surface area contributed by atoms with Crippen LogP contribution in [-0.2, 0) is 0 Å². The molecule has 1 aromatic carbocycles. The fourth-order valence-electron chi connectivity index (χ4n) is 2.90. The third kappa shape index (κ3) is 3.50. The van der Waals surface area contributed by atoms with E-state index in [2.05, 4.69) is 39.0 Å². The van der Waals surface area contributed by atoms with Gasteiger partial charge in [-0.1, -0.05) is 26.0 Å². The third-order valence-electron chi connectivity index (χ3n) is 4.50. The van der Waals surface area contributed by atoms with Crippen LogP contribution < -0.4 is 10.5 Å². The first-order valence-electron chi connectivity index (χ1n) is 7.50. The standard InChI is InChI=1S/C17H27NO/c1-11-5-8-16(14(4)18)17(9-11)19-15-7-6-12(2)13(3)10-15/h5,8-9,12-15H,6-7,10,18H2,1-4H3/t12?,13?,14-,15?/m0/s1. The van der Waals surface area contributed by atoms with E-state index in [0.29, 0.717) is 6.10 Å². The molecule has 19 heavy (non-hydrogen) atoms. The molecule has 0 radical (unpaired) electrons. The number of benzene rings is 1. The van der Waals surface area contributed by atoms with Crippen molar-refractivity contribution in [3.63, 3.8) is 0 Å². The molecule has 0 spiro atoms. The van der Waals surface area contributed by atoms with Gasteiger partial charge in [0.2, 0.25) is 0 Å². The van der Waals surface area contributed by atoms with Gasteiger partial charge in [-0.25, -0.2) is 0 Å². The van der Waals surface area contributed by atoms with E-state index >= 15 is 0 Å². The molecule has 3 unspecified atom stereocenters. The molecule has 4 atom stereocenters. The molecule has 1 fully saturated rings. The summed E-state index contributed by atoms with van der Waals surface area (Å²) in [7, 11) is 0. The van der Waals surface area contributed by atoms with Crippen LogP contribution in [0.2, 0.25) is 0 Å². The summed E-state index contributed by atoms with van der Waals surface area (Å²) in [5, 5.41) is 0. The molecule has 0 heterocycles. The molecule has 1 aliphatic carbocycles. The Hall–Kier alpha value is -1.02. The molecule has 2 heteroatoms. The average molecular weight is 261 g/mol. The summed E-state index contributed by atoms with van der Waals surface area (Å²) in [5.74, 6) is 2.56. The number of nitrogens with two attached hydrogens (primary N) is 1. The number of hydrogen-bond acceptors (Lipinski definition) is 2. The Labute approximate surface area is 117 Å². The van der Waals surface area contributed by atoms with E-state index in [0.717, 1.165) is 36.0 Å². The van der Waals surface area contributed by atoms with Gasteiger partial charge >= 0.3 is 0 Å². The van der Waals surface area contributed by atoms with E-state index in [9.17, 15) is 0 Å². The summed E-state index contributed by atoms with van der Waals surface area (Å²) in [5.41, 5.74) is 8.39. The van der Waals surface area contributed by atoms with E-state index in [1.54, 1.807) is 0 Å². The highest BCUT2D eigenvalue weighted by Crippen LogP contribution is 2.34. The Morgan fingerprint density at radius 2 is 1.95 bits per heavy atom. The molecule has 2 N–H and O–H groups in total. The van der Waals surface area contributed by atoms with Crippen LogP contribution in [0.25, 0.3) is 0 Å². The summed E-state index contributed by atoms with van der Waals surface area (Å²) in [6.07, 6.45) is 3.95. The highest BCUT2D eigenvalue weighted by Gasteiger charge is 2.26. The SMILES string of the molecule is Cc1ccc([C@H](C)N)c(OC2CCC(C)C(C)C2)c1. The van der Waals surface area contributed by atoms with Gasteiger partial charge in [-0.05, 0) is 56.6 Å². The highest BCUT2D eigenvalue weighted by molar-refractivity contribution is 5.39. The van der Waals surface area contributed by atoms with Crippen molar-refractivity contribution in [2.45, 2.75) is 59.1 Å². The minimum absolute atomic E-state index is 0.0236. The van der Waals surface area contributed by atoms with E-state index in [-0.39, 0.29) is 6.04 Å². The Bertz CT molecular complexity index is 427. The van der Waals surface area contributed by atoms with Gasteiger partial charge in [0.1, 0.15) is 5.75 Å². The molecular weight excluding hydrogens is 234 g/mol. The van der Waals surface area contributed by atoms with E-state index < -0.39 is 0 Å². The van der Waals surface area contributed by atoms with Crippen molar-refractivity contribution in [2.24, 2.45) is 17.6 Å². The summed E-state index contributed by atoms with van der Waals surface area (Å²) >= 11 is 0. The predicted octanol–water partition coefficient (Wildman–Crippen LogP) is 4.22. The molecule has 0 aliphatic heterocycles. The molecule has 0 bridgehead atoms. The van der Waals surface area contributed by atoms with Crippen molar-refractivity contribution >= 4 is 0 Å². The van der Waals surface area contributed by atoms with E-state index in [1.807, 2.05) is 6.92 Å². The minimum atomic E-state index is 0.0236. The van der Waals surface area contributed by atoms with Gasteiger partial charge in [-0.3, -0.25) is 0 Å². The van der Waals surface area contributed by atoms with Gasteiger partial charge in [0, 0.05) is 11.6 Å². The first kappa shape index (κ1) is 14.4. The Balaban J connectivity index is 2.12. The van der Waals surface area contributed by atoms with E-state index in [1.165, 1.54) is 12.0 Å². The van der Waals surface area contributed by atoms with Crippen molar-refractivity contribution in [1.29, 1.82) is 0 Å². The number of aryl methyl sites for hydroxylation is 1. The maximum atomic E-state index is 6.27. The second-order valence-corrected chi connectivity index (χ2v) is 6.34. The first-order valence-corrected chi connectivity index (χ1v) is 7.50. The lowest BCUT2D eigenvalue weighted by atomic mass is 9.80. The minimum Gasteiger partial charge on any atom is -0.490 e. The monoisotopic (exact) mass is 261 g/mol. The number of hydrogen-bond donors (Lipinski definition) is 1. The zero-order valence-electron chi connectivity index (χ0n) is 12.6. The van der Waals surface area contributed by atoms with Crippen LogP contribution in [0.15, 0.2) is 18.2 Å². The Morgan fingerprint density at radius 1 is 1.21 bits per heavy atom. The van der Waals surface area contributed by atoms with Gasteiger partial charge in [0.15, 0.2) is 0 Å². The van der Waals surface area contributed by atoms with Gasteiger partial charge < -0.3 is 10.5 Å². The molecule has 1 aliphatic rings. The lowest BCUT2D eigenvalue weighted by Gasteiger charge is -2.33. The van der Waals surface area contributed by atoms with Crippen LogP contribution in [0.4, 0.5) is 0 Å². The smallest absolute Gasteiger partial charge is 0.124 e. The van der Waals surface area contributed by atoms with Crippen molar-refractivity contribution in [3.05, 3.63) is 29.3 Å². The van der Waals surface area contributed by atoms with Gasteiger partial charge in [-0.15, -0.1) is 0 Å². The molecule has 0 aromatic heterocycles. The van der Waals surface area contributed by atoms with Gasteiger partial charge in [-0.2, -0.15) is 0 Å². The lowest BCUT2D eigenvalue weighted by Crippen LogP contribution is -2.29. The van der Waals surface area contributed by atoms with Crippen molar-refractivity contribution in [3.8, 4) is 5.75 Å². The second kappa shape index (κ2) is 5.96. The van der Waals surface area contributed by atoms with Crippen LogP contribution in [0.5, 0.6) is 5.75 Å². The summed E-state index contributed by atoms with van der Waals surface area (Å²) in [6, 6.07) is 6.36. The summed E-state index contributed by atoms with van der Waals surface area (Å²) < 4.78 is 6.27. The topological polar surface area (TPSA) is 35.2 Å². The zero-order chi connectivity index (χ0) is 14.0. The van der Waals surface area contributed by atoms with Crippen LogP contribution in [0.3, 0.4) is 0 Å². The van der Waals surface area contributed by atoms with Crippen LogP contribution in [0, 0.1) is 18.8 Å². The molecule has 0 amide bonds.